The van der Waals surface area contributed by atoms with Gasteiger partial charge in [0.05, 0.1) is 24.3 Å². The van der Waals surface area contributed by atoms with E-state index in [9.17, 15) is 9.90 Å². The summed E-state index contributed by atoms with van der Waals surface area (Å²) in [6, 6.07) is 0.391. The Morgan fingerprint density at radius 1 is 1.36 bits per heavy atom. The van der Waals surface area contributed by atoms with E-state index < -0.39 is 0 Å². The number of imidazole rings is 1. The van der Waals surface area contributed by atoms with Crippen LogP contribution in [-0.4, -0.2) is 43.3 Å². The maximum Gasteiger partial charge on any atom is 0.233 e. The highest BCUT2D eigenvalue weighted by Gasteiger charge is 2.21. The van der Waals surface area contributed by atoms with Crippen LogP contribution in [0.15, 0.2) is 11.4 Å². The van der Waals surface area contributed by atoms with E-state index in [1.165, 1.54) is 11.8 Å². The number of hydrogen-bond donors (Lipinski definition) is 1. The quantitative estimate of drug-likeness (QED) is 0.709. The maximum atomic E-state index is 12.4. The normalized spacial score (nSPS) is 11.5. The second-order valence-electron chi connectivity index (χ2n) is 5.97. The van der Waals surface area contributed by atoms with Crippen LogP contribution in [-0.2, 0) is 17.9 Å². The van der Waals surface area contributed by atoms with Gasteiger partial charge in [-0.3, -0.25) is 4.79 Å². The van der Waals surface area contributed by atoms with E-state index in [0.29, 0.717) is 5.75 Å². The van der Waals surface area contributed by atoms with E-state index in [-0.39, 0.29) is 24.6 Å². The number of carbonyl (C=O) groups is 1. The fraction of sp³-hybridized carbons (Fsp3) is 0.750. The fourth-order valence-electron chi connectivity index (χ4n) is 2.56. The van der Waals surface area contributed by atoms with E-state index in [2.05, 4.69) is 11.9 Å². The number of rotatable bonds is 9. The first kappa shape index (κ1) is 19.0. The van der Waals surface area contributed by atoms with Crippen LogP contribution >= 0.6 is 11.8 Å². The summed E-state index contributed by atoms with van der Waals surface area (Å²) < 4.78 is 2.02. The smallest absolute Gasteiger partial charge is 0.233 e. The molecule has 0 bridgehead atoms. The Labute approximate surface area is 138 Å². The highest BCUT2D eigenvalue weighted by molar-refractivity contribution is 7.99. The van der Waals surface area contributed by atoms with Crippen molar-refractivity contribution in [1.29, 1.82) is 0 Å². The van der Waals surface area contributed by atoms with Gasteiger partial charge in [-0.25, -0.2) is 4.98 Å². The molecule has 1 heterocycles. The molecule has 126 valence electrons. The lowest BCUT2D eigenvalue weighted by Gasteiger charge is -2.30. The van der Waals surface area contributed by atoms with Gasteiger partial charge in [0.25, 0.3) is 0 Å². The van der Waals surface area contributed by atoms with Gasteiger partial charge in [0.2, 0.25) is 5.91 Å². The first-order valence-corrected chi connectivity index (χ1v) is 9.00. The number of aliphatic hydroxyl groups is 1. The number of carbonyl (C=O) groups excluding carboxylic acids is 1. The molecule has 5 nitrogen and oxygen atoms in total. The number of thioether (sulfide) groups is 1. The molecule has 0 fully saturated rings. The van der Waals surface area contributed by atoms with Crippen molar-refractivity contribution in [1.82, 2.24) is 14.5 Å². The van der Waals surface area contributed by atoms with E-state index in [4.69, 9.17) is 0 Å². The average Bonchev–Trinajstić information content (AvgIpc) is 2.84. The van der Waals surface area contributed by atoms with Gasteiger partial charge in [-0.1, -0.05) is 25.1 Å². The summed E-state index contributed by atoms with van der Waals surface area (Å²) in [5.41, 5.74) is 0.813. The summed E-state index contributed by atoms with van der Waals surface area (Å²) in [4.78, 5) is 18.7. The minimum Gasteiger partial charge on any atom is -0.390 e. The standard InChI is InChI=1S/C16H29N3O2S/c1-6-7-8-18-14(10-20)9-17-16(18)22-11-15(21)19(12(2)3)13(4)5/h9,12-13,20H,6-8,10-11H2,1-5H3. The average molecular weight is 327 g/mol. The van der Waals surface area contributed by atoms with Crippen molar-refractivity contribution in [3.8, 4) is 0 Å². The van der Waals surface area contributed by atoms with E-state index in [0.717, 1.165) is 30.2 Å². The van der Waals surface area contributed by atoms with Crippen LogP contribution in [0.25, 0.3) is 0 Å². The minimum absolute atomic E-state index is 0.0185. The molecule has 1 rings (SSSR count). The van der Waals surface area contributed by atoms with Crippen LogP contribution in [0.1, 0.15) is 53.2 Å². The Morgan fingerprint density at radius 3 is 2.50 bits per heavy atom. The Hall–Kier alpha value is -1.01. The molecule has 0 saturated carbocycles. The van der Waals surface area contributed by atoms with Crippen LogP contribution in [0.2, 0.25) is 0 Å². The van der Waals surface area contributed by atoms with Crippen molar-refractivity contribution in [2.75, 3.05) is 5.75 Å². The molecule has 0 aliphatic rings. The fourth-order valence-corrected chi connectivity index (χ4v) is 3.46. The van der Waals surface area contributed by atoms with E-state index >= 15 is 0 Å². The third kappa shape index (κ3) is 5.02. The Balaban J connectivity index is 2.74. The zero-order chi connectivity index (χ0) is 16.7. The lowest BCUT2D eigenvalue weighted by Crippen LogP contribution is -2.43. The monoisotopic (exact) mass is 327 g/mol. The molecule has 0 radical (unpaired) electrons. The van der Waals surface area contributed by atoms with Crippen molar-refractivity contribution in [3.05, 3.63) is 11.9 Å². The van der Waals surface area contributed by atoms with Crippen molar-refractivity contribution in [2.45, 2.75) is 77.9 Å². The van der Waals surface area contributed by atoms with Gasteiger partial charge in [0.1, 0.15) is 0 Å². The minimum atomic E-state index is -0.0185. The third-order valence-electron chi connectivity index (χ3n) is 3.52. The second-order valence-corrected chi connectivity index (χ2v) is 6.92. The zero-order valence-electron chi connectivity index (χ0n) is 14.4. The van der Waals surface area contributed by atoms with Crippen molar-refractivity contribution in [2.24, 2.45) is 0 Å². The van der Waals surface area contributed by atoms with Crippen molar-refractivity contribution >= 4 is 17.7 Å². The van der Waals surface area contributed by atoms with Crippen molar-refractivity contribution < 1.29 is 9.90 Å². The SMILES string of the molecule is CCCCn1c(CO)cnc1SCC(=O)N(C(C)C)C(C)C. The molecule has 0 spiro atoms. The van der Waals surface area contributed by atoms with E-state index in [1.807, 2.05) is 37.2 Å². The molecule has 0 unspecified atom stereocenters. The van der Waals surface area contributed by atoms with Gasteiger partial charge in [-0.05, 0) is 34.1 Å². The van der Waals surface area contributed by atoms with Crippen LogP contribution in [0, 0.1) is 0 Å². The molecule has 1 N–H and O–H groups in total. The molecule has 1 aromatic heterocycles. The number of nitrogens with zero attached hydrogens (tertiary/aromatic N) is 3. The summed E-state index contributed by atoms with van der Waals surface area (Å²) >= 11 is 1.45. The van der Waals surface area contributed by atoms with Gasteiger partial charge < -0.3 is 14.6 Å². The molecule has 22 heavy (non-hydrogen) atoms. The van der Waals surface area contributed by atoms with Gasteiger partial charge in [0, 0.05) is 18.6 Å². The zero-order valence-corrected chi connectivity index (χ0v) is 15.2. The number of hydrogen-bond acceptors (Lipinski definition) is 4. The van der Waals surface area contributed by atoms with Gasteiger partial charge in [-0.2, -0.15) is 0 Å². The largest absolute Gasteiger partial charge is 0.390 e. The lowest BCUT2D eigenvalue weighted by atomic mass is 10.2. The summed E-state index contributed by atoms with van der Waals surface area (Å²) in [6.45, 7) is 11.1. The number of aliphatic hydroxyl groups excluding tert-OH is 1. The Bertz CT molecular complexity index is 464. The number of aromatic nitrogens is 2. The first-order chi connectivity index (χ1) is 10.4. The molecule has 0 saturated heterocycles. The lowest BCUT2D eigenvalue weighted by molar-refractivity contribution is -0.131. The summed E-state index contributed by atoms with van der Waals surface area (Å²) in [7, 11) is 0. The molecule has 0 aliphatic carbocycles. The molecule has 0 atom stereocenters. The van der Waals surface area contributed by atoms with Crippen LogP contribution < -0.4 is 0 Å². The summed E-state index contributed by atoms with van der Waals surface area (Å²) in [5.74, 6) is 0.510. The molecular weight excluding hydrogens is 298 g/mol. The van der Waals surface area contributed by atoms with Crippen LogP contribution in [0.3, 0.4) is 0 Å². The molecule has 6 heteroatoms. The van der Waals surface area contributed by atoms with E-state index in [1.54, 1.807) is 6.20 Å². The highest BCUT2D eigenvalue weighted by atomic mass is 32.2. The maximum absolute atomic E-state index is 12.4. The van der Waals surface area contributed by atoms with Crippen LogP contribution in [0.5, 0.6) is 0 Å². The summed E-state index contributed by atoms with van der Waals surface area (Å²) in [6.07, 6.45) is 3.82. The Kier molecular flexibility index (Phi) is 7.96. The molecule has 1 amide bonds. The third-order valence-corrected chi connectivity index (χ3v) is 4.50. The van der Waals surface area contributed by atoms with Gasteiger partial charge in [-0.15, -0.1) is 0 Å². The molecule has 0 aliphatic heterocycles. The second kappa shape index (κ2) is 9.20. The first-order valence-electron chi connectivity index (χ1n) is 8.01. The molecule has 0 aromatic carbocycles. The van der Waals surface area contributed by atoms with Gasteiger partial charge in [0.15, 0.2) is 5.16 Å². The predicted molar refractivity (Wildman–Crippen MR) is 90.9 cm³/mol. The topological polar surface area (TPSA) is 58.4 Å². The highest BCUT2D eigenvalue weighted by Crippen LogP contribution is 2.21. The van der Waals surface area contributed by atoms with Crippen molar-refractivity contribution in [3.63, 3.8) is 0 Å². The number of amides is 1. The predicted octanol–water partition coefficient (Wildman–Crippen LogP) is 2.91. The molecule has 1 aromatic rings. The van der Waals surface area contributed by atoms with Gasteiger partial charge >= 0.3 is 0 Å². The number of unbranched alkanes of at least 4 members (excludes halogenated alkanes) is 1. The Morgan fingerprint density at radius 2 is 2.00 bits per heavy atom. The molecular formula is C16H29N3O2S. The van der Waals surface area contributed by atoms with Crippen LogP contribution in [0.4, 0.5) is 0 Å². The summed E-state index contributed by atoms with van der Waals surface area (Å²) in [5, 5.41) is 10.2.